The van der Waals surface area contributed by atoms with Gasteiger partial charge in [0.25, 0.3) is 0 Å². The van der Waals surface area contributed by atoms with E-state index in [1.165, 1.54) is 31.7 Å². The lowest BCUT2D eigenvalue weighted by Gasteiger charge is -2.10. The molecular formula is C11H27NS. The number of unbranched alkanes of at least 4 members (excludes halogenated alkanes) is 1. The van der Waals surface area contributed by atoms with Gasteiger partial charge in [0.2, 0.25) is 0 Å². The lowest BCUT2D eigenvalue weighted by atomic mass is 10.2. The van der Waals surface area contributed by atoms with E-state index in [0.717, 1.165) is 5.92 Å². The van der Waals surface area contributed by atoms with Crippen LogP contribution in [0.25, 0.3) is 0 Å². The van der Waals surface area contributed by atoms with Crippen molar-refractivity contribution < 1.29 is 0 Å². The molecule has 1 N–H and O–H groups in total. The minimum absolute atomic E-state index is 0.821. The monoisotopic (exact) mass is 205 g/mol. The minimum atomic E-state index is 0.821. The summed E-state index contributed by atoms with van der Waals surface area (Å²) in [5.41, 5.74) is 0. The van der Waals surface area contributed by atoms with Gasteiger partial charge in [0, 0.05) is 0 Å². The lowest BCUT2D eigenvalue weighted by Crippen LogP contribution is -2.23. The van der Waals surface area contributed by atoms with Crippen LogP contribution in [0, 0.1) is 5.92 Å². The van der Waals surface area contributed by atoms with Crippen molar-refractivity contribution in [1.82, 2.24) is 5.32 Å². The molecule has 2 heteroatoms. The molecule has 0 aliphatic rings. The minimum Gasteiger partial charge on any atom is -0.316 e. The average molecular weight is 205 g/mol. The molecule has 0 aromatic carbocycles. The molecule has 0 bridgehead atoms. The van der Waals surface area contributed by atoms with Gasteiger partial charge in [-0.1, -0.05) is 34.1 Å². The standard InChI is InChI=1S/C9H21NS.C2H6/c1-4-5-6-10-7-9(2)8-11-3;1-2/h9-10H,4-8H2,1-3H3;1-2H3. The molecule has 0 aliphatic carbocycles. The molecule has 82 valence electrons. The highest BCUT2D eigenvalue weighted by Crippen LogP contribution is 2.02. The highest BCUT2D eigenvalue weighted by molar-refractivity contribution is 7.98. The summed E-state index contributed by atoms with van der Waals surface area (Å²) in [6.45, 7) is 10.9. The molecule has 0 radical (unpaired) electrons. The van der Waals surface area contributed by atoms with Gasteiger partial charge in [-0.05, 0) is 37.4 Å². The fourth-order valence-corrected chi connectivity index (χ4v) is 1.68. The van der Waals surface area contributed by atoms with Gasteiger partial charge in [-0.2, -0.15) is 11.8 Å². The van der Waals surface area contributed by atoms with Crippen LogP contribution in [0.15, 0.2) is 0 Å². The zero-order valence-corrected chi connectivity index (χ0v) is 10.8. The zero-order valence-electron chi connectivity index (χ0n) is 10.0. The fourth-order valence-electron chi connectivity index (χ4n) is 0.994. The van der Waals surface area contributed by atoms with E-state index >= 15 is 0 Å². The first-order valence-corrected chi connectivity index (χ1v) is 6.90. The van der Waals surface area contributed by atoms with Gasteiger partial charge in [0.1, 0.15) is 0 Å². The van der Waals surface area contributed by atoms with Crippen LogP contribution in [-0.2, 0) is 0 Å². The Morgan fingerprint density at radius 3 is 2.38 bits per heavy atom. The largest absolute Gasteiger partial charge is 0.316 e. The Morgan fingerprint density at radius 1 is 1.31 bits per heavy atom. The molecule has 0 aromatic rings. The number of nitrogens with one attached hydrogen (secondary N) is 1. The van der Waals surface area contributed by atoms with E-state index in [-0.39, 0.29) is 0 Å². The molecule has 0 saturated heterocycles. The quantitative estimate of drug-likeness (QED) is 0.639. The Bertz CT molecular complexity index is 76.5. The predicted octanol–water partition coefficient (Wildman–Crippen LogP) is 3.40. The van der Waals surface area contributed by atoms with Crippen LogP contribution in [0.3, 0.4) is 0 Å². The second-order valence-corrected chi connectivity index (χ2v) is 4.03. The number of hydrogen-bond acceptors (Lipinski definition) is 2. The van der Waals surface area contributed by atoms with E-state index in [0.29, 0.717) is 0 Å². The van der Waals surface area contributed by atoms with Gasteiger partial charge in [-0.15, -0.1) is 0 Å². The van der Waals surface area contributed by atoms with Crippen LogP contribution in [0.2, 0.25) is 0 Å². The number of thioether (sulfide) groups is 1. The second kappa shape index (κ2) is 14.8. The van der Waals surface area contributed by atoms with E-state index in [1.54, 1.807) is 0 Å². The summed E-state index contributed by atoms with van der Waals surface area (Å²) in [6, 6.07) is 0. The molecule has 1 atom stereocenters. The van der Waals surface area contributed by atoms with Crippen molar-refractivity contribution in [3.63, 3.8) is 0 Å². The summed E-state index contributed by atoms with van der Waals surface area (Å²) < 4.78 is 0. The molecular weight excluding hydrogens is 178 g/mol. The van der Waals surface area contributed by atoms with Crippen molar-refractivity contribution in [3.05, 3.63) is 0 Å². The van der Waals surface area contributed by atoms with Gasteiger partial charge in [0.15, 0.2) is 0 Å². The number of hydrogen-bond donors (Lipinski definition) is 1. The molecule has 1 nitrogen and oxygen atoms in total. The Kier molecular flexibility index (Phi) is 18.0. The number of rotatable bonds is 7. The fraction of sp³-hybridized carbons (Fsp3) is 1.00. The maximum absolute atomic E-state index is 3.46. The van der Waals surface area contributed by atoms with Gasteiger partial charge in [0.05, 0.1) is 0 Å². The van der Waals surface area contributed by atoms with Crippen LogP contribution in [0.1, 0.15) is 40.5 Å². The third-order valence-electron chi connectivity index (χ3n) is 1.65. The summed E-state index contributed by atoms with van der Waals surface area (Å²) >= 11 is 1.93. The van der Waals surface area contributed by atoms with Crippen LogP contribution in [-0.4, -0.2) is 25.1 Å². The summed E-state index contributed by atoms with van der Waals surface area (Å²) in [4.78, 5) is 0. The molecule has 0 heterocycles. The molecule has 0 aliphatic heterocycles. The van der Waals surface area contributed by atoms with Gasteiger partial charge in [-0.25, -0.2) is 0 Å². The van der Waals surface area contributed by atoms with Crippen molar-refractivity contribution in [3.8, 4) is 0 Å². The summed E-state index contributed by atoms with van der Waals surface area (Å²) in [7, 11) is 0. The molecule has 0 fully saturated rings. The SMILES string of the molecule is CC.CCCCNCC(C)CSC. The highest BCUT2D eigenvalue weighted by Gasteiger charge is 1.98. The predicted molar refractivity (Wildman–Crippen MR) is 66.7 cm³/mol. The highest BCUT2D eigenvalue weighted by atomic mass is 32.2. The Morgan fingerprint density at radius 2 is 1.92 bits per heavy atom. The first kappa shape index (κ1) is 15.8. The molecule has 0 amide bonds. The van der Waals surface area contributed by atoms with Crippen molar-refractivity contribution in [2.45, 2.75) is 40.5 Å². The van der Waals surface area contributed by atoms with Crippen molar-refractivity contribution in [2.75, 3.05) is 25.1 Å². The van der Waals surface area contributed by atoms with E-state index in [4.69, 9.17) is 0 Å². The van der Waals surface area contributed by atoms with E-state index < -0.39 is 0 Å². The van der Waals surface area contributed by atoms with Crippen LogP contribution in [0.5, 0.6) is 0 Å². The lowest BCUT2D eigenvalue weighted by molar-refractivity contribution is 0.546. The Balaban J connectivity index is 0. The van der Waals surface area contributed by atoms with E-state index in [2.05, 4.69) is 25.4 Å². The van der Waals surface area contributed by atoms with Crippen molar-refractivity contribution >= 4 is 11.8 Å². The van der Waals surface area contributed by atoms with E-state index in [1.807, 2.05) is 25.6 Å². The summed E-state index contributed by atoms with van der Waals surface area (Å²) in [6.07, 6.45) is 4.78. The summed E-state index contributed by atoms with van der Waals surface area (Å²) in [5.74, 6) is 2.10. The maximum Gasteiger partial charge on any atom is -0.00153 e. The first-order valence-electron chi connectivity index (χ1n) is 5.50. The van der Waals surface area contributed by atoms with Crippen molar-refractivity contribution in [2.24, 2.45) is 5.92 Å². The summed E-state index contributed by atoms with van der Waals surface area (Å²) in [5, 5.41) is 3.46. The Labute approximate surface area is 89.1 Å². The first-order chi connectivity index (χ1) is 6.31. The molecule has 1 unspecified atom stereocenters. The van der Waals surface area contributed by atoms with Gasteiger partial charge < -0.3 is 5.32 Å². The van der Waals surface area contributed by atoms with Gasteiger partial charge >= 0.3 is 0 Å². The van der Waals surface area contributed by atoms with Crippen LogP contribution < -0.4 is 5.32 Å². The van der Waals surface area contributed by atoms with Crippen LogP contribution in [0.4, 0.5) is 0 Å². The second-order valence-electron chi connectivity index (χ2n) is 3.12. The molecule has 0 aromatic heterocycles. The zero-order chi connectivity index (χ0) is 10.5. The van der Waals surface area contributed by atoms with Crippen molar-refractivity contribution in [1.29, 1.82) is 0 Å². The molecule has 0 saturated carbocycles. The Hall–Kier alpha value is 0.310. The molecule has 0 rings (SSSR count). The topological polar surface area (TPSA) is 12.0 Å². The van der Waals surface area contributed by atoms with E-state index in [9.17, 15) is 0 Å². The third kappa shape index (κ3) is 15.1. The normalized spacial score (nSPS) is 11.8. The smallest absolute Gasteiger partial charge is 0.00153 e. The molecule has 13 heavy (non-hydrogen) atoms. The van der Waals surface area contributed by atoms with Crippen LogP contribution >= 0.6 is 11.8 Å². The average Bonchev–Trinajstić information content (AvgIpc) is 2.16. The maximum atomic E-state index is 3.46. The molecule has 0 spiro atoms. The third-order valence-corrected chi connectivity index (χ3v) is 2.55. The van der Waals surface area contributed by atoms with Gasteiger partial charge in [-0.3, -0.25) is 0 Å².